The summed E-state index contributed by atoms with van der Waals surface area (Å²) in [5.74, 6) is 0.193. The highest BCUT2D eigenvalue weighted by atomic mass is 35.5. The first-order valence-corrected chi connectivity index (χ1v) is 8.36. The maximum Gasteiger partial charge on any atom is 0.272 e. The molecule has 1 amide bonds. The lowest BCUT2D eigenvalue weighted by Crippen LogP contribution is -2.27. The molecule has 0 spiro atoms. The molecule has 0 unspecified atom stereocenters. The minimum absolute atomic E-state index is 0.0327. The van der Waals surface area contributed by atoms with Gasteiger partial charge in [-0.25, -0.2) is 9.07 Å². The van der Waals surface area contributed by atoms with Crippen molar-refractivity contribution in [1.82, 2.24) is 15.1 Å². The number of amides is 1. The highest BCUT2D eigenvalue weighted by molar-refractivity contribution is 6.30. The van der Waals surface area contributed by atoms with Gasteiger partial charge in [-0.1, -0.05) is 17.7 Å². The molecule has 2 aromatic rings. The van der Waals surface area contributed by atoms with Crippen LogP contribution in [0.3, 0.4) is 0 Å². The van der Waals surface area contributed by atoms with E-state index in [9.17, 15) is 9.18 Å². The van der Waals surface area contributed by atoms with Crippen molar-refractivity contribution < 1.29 is 13.9 Å². The van der Waals surface area contributed by atoms with E-state index >= 15 is 0 Å². The predicted molar refractivity (Wildman–Crippen MR) is 88.3 cm³/mol. The summed E-state index contributed by atoms with van der Waals surface area (Å²) in [4.78, 5) is 12.6. The fourth-order valence-electron chi connectivity index (χ4n) is 2.92. The van der Waals surface area contributed by atoms with Crippen LogP contribution in [-0.2, 0) is 6.54 Å². The standard InChI is InChI=1S/C17H17ClFN3O2/c1-9-6-10(18)2-5-13(9)14-15(16(23)20-12-3-4-12)21-22-7-11(19)8-24-17(14)22/h2,5-6,11-12H,3-4,7-8H2,1H3,(H,20,23)/t11-/m0/s1. The monoisotopic (exact) mass is 349 g/mol. The van der Waals surface area contributed by atoms with Gasteiger partial charge in [0.1, 0.15) is 6.61 Å². The van der Waals surface area contributed by atoms with E-state index in [0.29, 0.717) is 16.5 Å². The number of nitrogens with zero attached hydrogens (tertiary/aromatic N) is 2. The normalized spacial score (nSPS) is 19.5. The molecule has 5 nitrogen and oxygen atoms in total. The molecule has 1 fully saturated rings. The van der Waals surface area contributed by atoms with Crippen molar-refractivity contribution in [1.29, 1.82) is 0 Å². The summed E-state index contributed by atoms with van der Waals surface area (Å²) in [6, 6.07) is 5.64. The average Bonchev–Trinajstić information content (AvgIpc) is 3.26. The van der Waals surface area contributed by atoms with Crippen molar-refractivity contribution in [3.05, 3.63) is 34.5 Å². The molecule has 2 aliphatic rings. The Morgan fingerprint density at radius 2 is 2.25 bits per heavy atom. The average molecular weight is 350 g/mol. The first-order chi connectivity index (χ1) is 11.5. The Balaban J connectivity index is 1.84. The van der Waals surface area contributed by atoms with Gasteiger partial charge >= 0.3 is 0 Å². The lowest BCUT2D eigenvalue weighted by Gasteiger charge is -2.19. The van der Waals surface area contributed by atoms with Gasteiger partial charge in [0.2, 0.25) is 5.88 Å². The van der Waals surface area contributed by atoms with Gasteiger partial charge in [-0.15, -0.1) is 0 Å². The largest absolute Gasteiger partial charge is 0.474 e. The van der Waals surface area contributed by atoms with Crippen LogP contribution in [0.5, 0.6) is 5.88 Å². The van der Waals surface area contributed by atoms with Gasteiger partial charge in [0.25, 0.3) is 5.91 Å². The van der Waals surface area contributed by atoms with E-state index in [0.717, 1.165) is 24.0 Å². The number of fused-ring (bicyclic) bond motifs is 1. The molecule has 0 bridgehead atoms. The van der Waals surface area contributed by atoms with Crippen LogP contribution >= 0.6 is 11.6 Å². The molecule has 24 heavy (non-hydrogen) atoms. The van der Waals surface area contributed by atoms with E-state index in [1.54, 1.807) is 6.07 Å². The van der Waals surface area contributed by atoms with Crippen molar-refractivity contribution in [2.24, 2.45) is 0 Å². The summed E-state index contributed by atoms with van der Waals surface area (Å²) >= 11 is 6.04. The van der Waals surface area contributed by atoms with Gasteiger partial charge in [0, 0.05) is 11.1 Å². The van der Waals surface area contributed by atoms with Gasteiger partial charge in [0.15, 0.2) is 11.9 Å². The molecule has 1 atom stereocenters. The molecule has 1 aliphatic carbocycles. The number of hydrogen-bond donors (Lipinski definition) is 1. The van der Waals surface area contributed by atoms with Crippen LogP contribution in [0.1, 0.15) is 28.9 Å². The van der Waals surface area contributed by atoms with Crippen LogP contribution in [0.15, 0.2) is 18.2 Å². The summed E-state index contributed by atoms with van der Waals surface area (Å²) in [7, 11) is 0. The van der Waals surface area contributed by atoms with Gasteiger partial charge in [-0.2, -0.15) is 5.10 Å². The lowest BCUT2D eigenvalue weighted by molar-refractivity contribution is 0.0944. The molecule has 1 aromatic carbocycles. The molecule has 7 heteroatoms. The summed E-state index contributed by atoms with van der Waals surface area (Å²) < 4.78 is 20.7. The Labute approximate surface area is 143 Å². The summed E-state index contributed by atoms with van der Waals surface area (Å²) in [5.41, 5.74) is 2.61. The maximum absolute atomic E-state index is 13.7. The minimum atomic E-state index is -1.13. The Morgan fingerprint density at radius 1 is 1.46 bits per heavy atom. The fraction of sp³-hybridized carbons (Fsp3) is 0.412. The highest BCUT2D eigenvalue weighted by Crippen LogP contribution is 2.38. The summed E-state index contributed by atoms with van der Waals surface area (Å²) in [6.45, 7) is 1.97. The van der Waals surface area contributed by atoms with Crippen molar-refractivity contribution in [2.45, 2.75) is 38.5 Å². The lowest BCUT2D eigenvalue weighted by atomic mass is 10.00. The predicted octanol–water partition coefficient (Wildman–Crippen LogP) is 3.13. The Hall–Kier alpha value is -2.08. The summed E-state index contributed by atoms with van der Waals surface area (Å²) in [5, 5.41) is 7.89. The van der Waals surface area contributed by atoms with E-state index in [1.807, 2.05) is 19.1 Å². The zero-order chi connectivity index (χ0) is 16.8. The number of aryl methyl sites for hydroxylation is 1. The molecule has 4 rings (SSSR count). The number of aromatic nitrogens is 2. The second kappa shape index (κ2) is 5.77. The zero-order valence-electron chi connectivity index (χ0n) is 13.2. The molecule has 126 valence electrons. The van der Waals surface area contributed by atoms with Crippen molar-refractivity contribution in [2.75, 3.05) is 6.61 Å². The second-order valence-electron chi connectivity index (χ2n) is 6.33. The van der Waals surface area contributed by atoms with E-state index in [2.05, 4.69) is 10.4 Å². The van der Waals surface area contributed by atoms with E-state index in [4.69, 9.17) is 16.3 Å². The summed E-state index contributed by atoms with van der Waals surface area (Å²) in [6.07, 6.45) is 0.839. The molecule has 0 saturated heterocycles. The minimum Gasteiger partial charge on any atom is -0.474 e. The number of ether oxygens (including phenoxy) is 1. The third-order valence-electron chi connectivity index (χ3n) is 4.26. The van der Waals surface area contributed by atoms with Crippen LogP contribution in [0.25, 0.3) is 11.1 Å². The molecule has 1 aliphatic heterocycles. The van der Waals surface area contributed by atoms with Gasteiger partial charge in [-0.3, -0.25) is 4.79 Å². The van der Waals surface area contributed by atoms with Gasteiger partial charge in [0.05, 0.1) is 12.1 Å². The van der Waals surface area contributed by atoms with Gasteiger partial charge < -0.3 is 10.1 Å². The van der Waals surface area contributed by atoms with Crippen LogP contribution < -0.4 is 10.1 Å². The number of hydrogen-bond acceptors (Lipinski definition) is 3. The third-order valence-corrected chi connectivity index (χ3v) is 4.50. The van der Waals surface area contributed by atoms with Crippen LogP contribution in [0, 0.1) is 6.92 Å². The maximum atomic E-state index is 13.7. The van der Waals surface area contributed by atoms with Gasteiger partial charge in [-0.05, 0) is 43.0 Å². The number of benzene rings is 1. The highest BCUT2D eigenvalue weighted by Gasteiger charge is 2.33. The van der Waals surface area contributed by atoms with Crippen molar-refractivity contribution in [3.63, 3.8) is 0 Å². The second-order valence-corrected chi connectivity index (χ2v) is 6.76. The van der Waals surface area contributed by atoms with Crippen LogP contribution in [0.4, 0.5) is 4.39 Å². The third kappa shape index (κ3) is 2.75. The first-order valence-electron chi connectivity index (χ1n) is 7.98. The molecular weight excluding hydrogens is 333 g/mol. The van der Waals surface area contributed by atoms with E-state index < -0.39 is 6.17 Å². The zero-order valence-corrected chi connectivity index (χ0v) is 13.9. The van der Waals surface area contributed by atoms with Crippen molar-refractivity contribution >= 4 is 17.5 Å². The number of nitrogens with one attached hydrogen (secondary N) is 1. The number of halogens is 2. The fourth-order valence-corrected chi connectivity index (χ4v) is 3.14. The van der Waals surface area contributed by atoms with Crippen LogP contribution in [-0.4, -0.2) is 34.5 Å². The number of rotatable bonds is 3. The molecular formula is C17H17ClFN3O2. The Morgan fingerprint density at radius 3 is 2.96 bits per heavy atom. The number of carbonyl (C=O) groups excluding carboxylic acids is 1. The van der Waals surface area contributed by atoms with E-state index in [-0.39, 0.29) is 30.8 Å². The van der Waals surface area contributed by atoms with Crippen molar-refractivity contribution in [3.8, 4) is 17.0 Å². The molecule has 2 heterocycles. The Bertz CT molecular complexity index is 816. The molecule has 1 saturated carbocycles. The molecule has 0 radical (unpaired) electrons. The SMILES string of the molecule is Cc1cc(Cl)ccc1-c1c(C(=O)NC2CC2)nn2c1OC[C@@H](F)C2. The quantitative estimate of drug-likeness (QED) is 0.926. The van der Waals surface area contributed by atoms with E-state index in [1.165, 1.54) is 4.68 Å². The topological polar surface area (TPSA) is 56.2 Å². The number of alkyl halides is 1. The Kier molecular flexibility index (Phi) is 3.72. The van der Waals surface area contributed by atoms with Crippen LogP contribution in [0.2, 0.25) is 5.02 Å². The smallest absolute Gasteiger partial charge is 0.272 e. The molecule has 1 aromatic heterocycles. The number of carbonyl (C=O) groups is 1. The molecule has 1 N–H and O–H groups in total. The first kappa shape index (κ1) is 15.4.